The van der Waals surface area contributed by atoms with Crippen molar-refractivity contribution in [3.05, 3.63) is 61.2 Å². The minimum absolute atomic E-state index is 0.0402. The van der Waals surface area contributed by atoms with Crippen LogP contribution in [-0.2, 0) is 19.1 Å². The topological polar surface area (TPSA) is 87.2 Å². The number of benzene rings is 1. The van der Waals surface area contributed by atoms with E-state index in [2.05, 4.69) is 27.0 Å². The highest BCUT2D eigenvalue weighted by atomic mass is 32.2. The molecular formula is C33H46N2O5S. The summed E-state index contributed by atoms with van der Waals surface area (Å²) >= 11 is 1.64. The Morgan fingerprint density at radius 3 is 2.61 bits per heavy atom. The Morgan fingerprint density at radius 1 is 1.20 bits per heavy atom. The molecule has 2 bridgehead atoms. The van der Waals surface area contributed by atoms with Gasteiger partial charge >= 0.3 is 5.97 Å². The highest BCUT2D eigenvalue weighted by Gasteiger charge is 2.77. The van der Waals surface area contributed by atoms with E-state index in [1.165, 1.54) is 0 Å². The Kier molecular flexibility index (Phi) is 10.8. The first-order valence-electron chi connectivity index (χ1n) is 15.2. The number of allylic oxidation sites excluding steroid dienone is 1. The summed E-state index contributed by atoms with van der Waals surface area (Å²) < 4.78 is 4.99. The van der Waals surface area contributed by atoms with Crippen molar-refractivity contribution in [2.45, 2.75) is 80.9 Å². The summed E-state index contributed by atoms with van der Waals surface area (Å²) in [4.78, 5) is 46.2. The minimum atomic E-state index is -0.797. The van der Waals surface area contributed by atoms with Crippen LogP contribution in [0.1, 0.15) is 70.4 Å². The molecule has 224 valence electrons. The lowest BCUT2D eigenvalue weighted by Crippen LogP contribution is -2.58. The maximum absolute atomic E-state index is 14.6. The molecule has 0 radical (unpaired) electrons. The van der Waals surface area contributed by atoms with Gasteiger partial charge in [0.05, 0.1) is 35.8 Å². The largest absolute Gasteiger partial charge is 0.465 e. The molecule has 0 aromatic heterocycles. The van der Waals surface area contributed by atoms with E-state index in [0.29, 0.717) is 19.7 Å². The van der Waals surface area contributed by atoms with Gasteiger partial charge in [-0.15, -0.1) is 24.9 Å². The van der Waals surface area contributed by atoms with Crippen LogP contribution in [0.5, 0.6) is 0 Å². The van der Waals surface area contributed by atoms with E-state index in [1.54, 1.807) is 22.7 Å². The molecule has 7 atom stereocenters. The van der Waals surface area contributed by atoms with Crippen LogP contribution in [0, 0.1) is 17.8 Å². The molecule has 3 fully saturated rings. The monoisotopic (exact) mass is 582 g/mol. The van der Waals surface area contributed by atoms with Crippen molar-refractivity contribution >= 4 is 29.5 Å². The van der Waals surface area contributed by atoms with Gasteiger partial charge in [0, 0.05) is 18.3 Å². The molecule has 0 saturated carbocycles. The number of rotatable bonds is 16. The SMILES string of the molecule is C=CCCCCOC(=O)[C@@H]1[C@@H]2CC(C)C3(S2)C(C(=O)N(CC=C)CCCCC)N([C@H](CO)c2ccccc2)C(=O)[C@H]13. The number of hydrogen-bond donors (Lipinski definition) is 1. The molecule has 1 N–H and O–H groups in total. The van der Waals surface area contributed by atoms with E-state index < -0.39 is 28.7 Å². The number of thioether (sulfide) groups is 1. The lowest BCUT2D eigenvalue weighted by molar-refractivity contribution is -0.155. The second-order valence-electron chi connectivity index (χ2n) is 11.6. The smallest absolute Gasteiger partial charge is 0.310 e. The van der Waals surface area contributed by atoms with Gasteiger partial charge in [-0.05, 0) is 43.6 Å². The van der Waals surface area contributed by atoms with E-state index in [9.17, 15) is 19.5 Å². The lowest BCUT2D eigenvalue weighted by Gasteiger charge is -2.42. The predicted molar refractivity (Wildman–Crippen MR) is 163 cm³/mol. The Hall–Kier alpha value is -2.58. The summed E-state index contributed by atoms with van der Waals surface area (Å²) in [5.74, 6) is -1.93. The van der Waals surface area contributed by atoms with Crippen LogP contribution in [0.15, 0.2) is 55.6 Å². The number of ether oxygens (including phenoxy) is 1. The van der Waals surface area contributed by atoms with E-state index in [1.807, 2.05) is 41.3 Å². The Labute approximate surface area is 249 Å². The van der Waals surface area contributed by atoms with Crippen molar-refractivity contribution < 1.29 is 24.2 Å². The van der Waals surface area contributed by atoms with Gasteiger partial charge in [0.25, 0.3) is 0 Å². The third-order valence-corrected chi connectivity index (χ3v) is 11.2. The summed E-state index contributed by atoms with van der Waals surface area (Å²) in [6, 6.07) is 7.91. The summed E-state index contributed by atoms with van der Waals surface area (Å²) in [5.41, 5.74) is 0.771. The second kappa shape index (κ2) is 14.1. The van der Waals surface area contributed by atoms with E-state index >= 15 is 0 Å². The number of nitrogens with zero attached hydrogens (tertiary/aromatic N) is 2. The average Bonchev–Trinajstić information content (AvgIpc) is 3.57. The zero-order valence-electron chi connectivity index (χ0n) is 24.6. The lowest BCUT2D eigenvalue weighted by atomic mass is 9.66. The molecule has 3 heterocycles. The number of aliphatic hydroxyl groups is 1. The fraction of sp³-hybridized carbons (Fsp3) is 0.606. The summed E-state index contributed by atoms with van der Waals surface area (Å²) in [5, 5.41) is 10.6. The molecule has 7 nitrogen and oxygen atoms in total. The molecule has 3 saturated heterocycles. The third kappa shape index (κ3) is 5.87. The molecule has 41 heavy (non-hydrogen) atoms. The molecule has 1 spiro atoms. The van der Waals surface area contributed by atoms with Crippen LogP contribution in [-0.4, -0.2) is 75.0 Å². The van der Waals surface area contributed by atoms with E-state index in [-0.39, 0.29) is 35.6 Å². The van der Waals surface area contributed by atoms with Gasteiger partial charge in [-0.3, -0.25) is 14.4 Å². The van der Waals surface area contributed by atoms with Crippen LogP contribution in [0.4, 0.5) is 0 Å². The molecule has 3 aliphatic heterocycles. The molecule has 4 rings (SSSR count). The normalized spacial score (nSPS) is 28.8. The van der Waals surface area contributed by atoms with Crippen molar-refractivity contribution in [2.24, 2.45) is 17.8 Å². The Balaban J connectivity index is 1.74. The molecule has 2 amide bonds. The van der Waals surface area contributed by atoms with Gasteiger partial charge in [0.15, 0.2) is 0 Å². The molecule has 3 unspecified atom stereocenters. The Bertz CT molecular complexity index is 1100. The number of likely N-dealkylation sites (tertiary alicyclic amines) is 1. The predicted octanol–water partition coefficient (Wildman–Crippen LogP) is 5.16. The summed E-state index contributed by atoms with van der Waals surface area (Å²) in [6.07, 6.45) is 9.71. The van der Waals surface area contributed by atoms with Crippen molar-refractivity contribution in [1.29, 1.82) is 0 Å². The fourth-order valence-electron chi connectivity index (χ4n) is 7.21. The van der Waals surface area contributed by atoms with Crippen LogP contribution in [0.25, 0.3) is 0 Å². The maximum atomic E-state index is 14.6. The molecule has 1 aromatic carbocycles. The molecule has 3 aliphatic rings. The standard InChI is InChI=1S/C33H46N2O5S/c1-5-8-10-15-20-40-32(39)27-26-21-23(4)33(41-26)28(27)30(37)35(25(22-36)24-16-12-11-13-17-24)29(33)31(38)34(18-7-3)19-14-9-6-2/h5,7,11-13,16-17,23,25-29,36H,1,3,6,8-10,14-15,18-22H2,2,4H3/t23?,25-,26+,27-,28+,29?,33?/m1/s1. The Morgan fingerprint density at radius 2 is 1.95 bits per heavy atom. The van der Waals surface area contributed by atoms with Gasteiger partial charge in [0.1, 0.15) is 6.04 Å². The molecule has 1 aromatic rings. The summed E-state index contributed by atoms with van der Waals surface area (Å²) in [6.45, 7) is 12.8. The van der Waals surface area contributed by atoms with E-state index in [0.717, 1.165) is 50.5 Å². The zero-order chi connectivity index (χ0) is 29.6. The number of carbonyl (C=O) groups excluding carboxylic acids is 3. The highest BCUT2D eigenvalue weighted by molar-refractivity contribution is 8.02. The minimum Gasteiger partial charge on any atom is -0.465 e. The highest BCUT2D eigenvalue weighted by Crippen LogP contribution is 2.69. The van der Waals surface area contributed by atoms with Crippen molar-refractivity contribution in [3.63, 3.8) is 0 Å². The number of amides is 2. The number of fused-ring (bicyclic) bond motifs is 1. The molecule has 0 aliphatic carbocycles. The van der Waals surface area contributed by atoms with Crippen LogP contribution in [0.2, 0.25) is 0 Å². The van der Waals surface area contributed by atoms with Crippen molar-refractivity contribution in [2.75, 3.05) is 26.3 Å². The first-order valence-corrected chi connectivity index (χ1v) is 16.1. The maximum Gasteiger partial charge on any atom is 0.310 e. The molecule has 8 heteroatoms. The van der Waals surface area contributed by atoms with Crippen molar-refractivity contribution in [3.8, 4) is 0 Å². The fourth-order valence-corrected chi connectivity index (χ4v) is 9.60. The van der Waals surface area contributed by atoms with Crippen LogP contribution >= 0.6 is 11.8 Å². The van der Waals surface area contributed by atoms with Gasteiger partial charge < -0.3 is 19.6 Å². The number of aliphatic hydroxyl groups excluding tert-OH is 1. The quantitative estimate of drug-likeness (QED) is 0.165. The van der Waals surface area contributed by atoms with Crippen molar-refractivity contribution in [1.82, 2.24) is 9.80 Å². The second-order valence-corrected chi connectivity index (χ2v) is 13.2. The first-order chi connectivity index (χ1) is 19.9. The van der Waals surface area contributed by atoms with Gasteiger partial charge in [-0.2, -0.15) is 0 Å². The van der Waals surface area contributed by atoms with Gasteiger partial charge in [-0.1, -0.05) is 69.2 Å². The van der Waals surface area contributed by atoms with Gasteiger partial charge in [0.2, 0.25) is 11.8 Å². The van der Waals surface area contributed by atoms with Crippen LogP contribution < -0.4 is 0 Å². The first kappa shape index (κ1) is 31.4. The van der Waals surface area contributed by atoms with Gasteiger partial charge in [-0.25, -0.2) is 0 Å². The number of carbonyl (C=O) groups is 3. The average molecular weight is 583 g/mol. The number of hydrogen-bond acceptors (Lipinski definition) is 6. The number of esters is 1. The number of unbranched alkanes of at least 4 members (excludes halogenated alkanes) is 4. The third-order valence-electron chi connectivity index (χ3n) is 9.12. The molecular weight excluding hydrogens is 536 g/mol. The van der Waals surface area contributed by atoms with E-state index in [4.69, 9.17) is 4.74 Å². The zero-order valence-corrected chi connectivity index (χ0v) is 25.4. The summed E-state index contributed by atoms with van der Waals surface area (Å²) in [7, 11) is 0. The van der Waals surface area contributed by atoms with Crippen LogP contribution in [0.3, 0.4) is 0 Å².